The molecule has 7 nitrogen and oxygen atoms in total. The van der Waals surface area contributed by atoms with Crippen LogP contribution in [0, 0.1) is 6.92 Å². The monoisotopic (exact) mass is 391 g/mol. The molecule has 8 heteroatoms. The standard InChI is InChI=1S/C20H17N5O2S/c1-13-22-17(12-28-13)14-5-7-15(8-6-14)23-18(26)9-10-19-24-20(25-27-19)16-4-2-3-11-21-16/h2-8,11-12H,9-10H2,1H3,(H,23,26). The van der Waals surface area contributed by atoms with E-state index in [4.69, 9.17) is 4.52 Å². The van der Waals surface area contributed by atoms with Crippen molar-refractivity contribution < 1.29 is 9.32 Å². The summed E-state index contributed by atoms with van der Waals surface area (Å²) in [4.78, 5) is 25.1. The maximum atomic E-state index is 12.2. The van der Waals surface area contributed by atoms with Crippen LogP contribution in [0.2, 0.25) is 0 Å². The van der Waals surface area contributed by atoms with Crippen LogP contribution in [0.25, 0.3) is 22.8 Å². The normalized spacial score (nSPS) is 10.8. The van der Waals surface area contributed by atoms with Crippen molar-refractivity contribution in [1.29, 1.82) is 0 Å². The molecule has 140 valence electrons. The van der Waals surface area contributed by atoms with Crippen molar-refractivity contribution >= 4 is 22.9 Å². The molecule has 0 radical (unpaired) electrons. The molecule has 28 heavy (non-hydrogen) atoms. The van der Waals surface area contributed by atoms with E-state index in [9.17, 15) is 4.79 Å². The van der Waals surface area contributed by atoms with E-state index < -0.39 is 0 Å². The molecule has 0 unspecified atom stereocenters. The molecule has 3 aromatic heterocycles. The maximum Gasteiger partial charge on any atom is 0.227 e. The van der Waals surface area contributed by atoms with Crippen molar-refractivity contribution in [2.24, 2.45) is 0 Å². The minimum atomic E-state index is -0.116. The van der Waals surface area contributed by atoms with E-state index in [2.05, 4.69) is 25.4 Å². The Hall–Kier alpha value is -3.39. The van der Waals surface area contributed by atoms with Crippen LogP contribution in [-0.4, -0.2) is 26.0 Å². The topological polar surface area (TPSA) is 93.8 Å². The fourth-order valence-electron chi connectivity index (χ4n) is 2.62. The summed E-state index contributed by atoms with van der Waals surface area (Å²) in [6.45, 7) is 1.98. The molecule has 0 spiro atoms. The van der Waals surface area contributed by atoms with Crippen LogP contribution in [-0.2, 0) is 11.2 Å². The summed E-state index contributed by atoms with van der Waals surface area (Å²) in [5.74, 6) is 0.712. The van der Waals surface area contributed by atoms with Crippen LogP contribution in [0.3, 0.4) is 0 Å². The number of carbonyl (C=O) groups is 1. The lowest BCUT2D eigenvalue weighted by atomic mass is 10.1. The van der Waals surface area contributed by atoms with E-state index >= 15 is 0 Å². The molecule has 4 rings (SSSR count). The van der Waals surface area contributed by atoms with Crippen molar-refractivity contribution in [3.8, 4) is 22.8 Å². The average Bonchev–Trinajstić information content (AvgIpc) is 3.37. The predicted octanol–water partition coefficient (Wildman–Crippen LogP) is 4.13. The lowest BCUT2D eigenvalue weighted by Gasteiger charge is -2.05. The number of hydrogen-bond donors (Lipinski definition) is 1. The number of thiazole rings is 1. The van der Waals surface area contributed by atoms with E-state index in [-0.39, 0.29) is 12.3 Å². The lowest BCUT2D eigenvalue weighted by Crippen LogP contribution is -2.12. The average molecular weight is 391 g/mol. The minimum Gasteiger partial charge on any atom is -0.339 e. The number of pyridine rings is 1. The maximum absolute atomic E-state index is 12.2. The van der Waals surface area contributed by atoms with Crippen LogP contribution in [0.5, 0.6) is 0 Å². The van der Waals surface area contributed by atoms with Gasteiger partial charge in [-0.05, 0) is 31.2 Å². The number of carbonyl (C=O) groups excluding carboxylic acids is 1. The zero-order chi connectivity index (χ0) is 19.3. The summed E-state index contributed by atoms with van der Waals surface area (Å²) in [7, 11) is 0. The van der Waals surface area contributed by atoms with Crippen LogP contribution in [0.1, 0.15) is 17.3 Å². The summed E-state index contributed by atoms with van der Waals surface area (Å²) in [6, 6.07) is 13.1. The summed E-state index contributed by atoms with van der Waals surface area (Å²) >= 11 is 1.61. The number of amides is 1. The van der Waals surface area contributed by atoms with Gasteiger partial charge in [0.2, 0.25) is 17.6 Å². The van der Waals surface area contributed by atoms with Gasteiger partial charge in [0.05, 0.1) is 10.7 Å². The molecular weight excluding hydrogens is 374 g/mol. The lowest BCUT2D eigenvalue weighted by molar-refractivity contribution is -0.116. The Balaban J connectivity index is 1.32. The minimum absolute atomic E-state index is 0.116. The van der Waals surface area contributed by atoms with Crippen LogP contribution < -0.4 is 5.32 Å². The molecule has 1 aromatic carbocycles. The highest BCUT2D eigenvalue weighted by Crippen LogP contribution is 2.23. The fraction of sp³-hybridized carbons (Fsp3) is 0.150. The van der Waals surface area contributed by atoms with Crippen molar-refractivity contribution in [1.82, 2.24) is 20.1 Å². The smallest absolute Gasteiger partial charge is 0.227 e. The van der Waals surface area contributed by atoms with Gasteiger partial charge in [-0.1, -0.05) is 23.4 Å². The first kappa shape index (κ1) is 18.0. The highest BCUT2D eigenvalue weighted by molar-refractivity contribution is 7.09. The first-order valence-corrected chi connectivity index (χ1v) is 9.62. The molecule has 0 atom stereocenters. The van der Waals surface area contributed by atoms with Crippen molar-refractivity contribution in [3.63, 3.8) is 0 Å². The Morgan fingerprint density at radius 3 is 2.68 bits per heavy atom. The molecule has 1 amide bonds. The van der Waals surface area contributed by atoms with Gasteiger partial charge in [0.15, 0.2) is 0 Å². The number of anilines is 1. The number of benzene rings is 1. The summed E-state index contributed by atoms with van der Waals surface area (Å²) in [5.41, 5.74) is 3.34. The third kappa shape index (κ3) is 4.29. The highest BCUT2D eigenvalue weighted by Gasteiger charge is 2.11. The second-order valence-corrected chi connectivity index (χ2v) is 7.17. The van der Waals surface area contributed by atoms with Gasteiger partial charge in [-0.3, -0.25) is 9.78 Å². The van der Waals surface area contributed by atoms with Gasteiger partial charge < -0.3 is 9.84 Å². The van der Waals surface area contributed by atoms with E-state index in [0.717, 1.165) is 22.0 Å². The highest BCUT2D eigenvalue weighted by atomic mass is 32.1. The van der Waals surface area contributed by atoms with Crippen LogP contribution in [0.15, 0.2) is 58.6 Å². The van der Waals surface area contributed by atoms with Gasteiger partial charge >= 0.3 is 0 Å². The Bertz CT molecular complexity index is 1070. The van der Waals surface area contributed by atoms with E-state index in [1.54, 1.807) is 23.6 Å². The Morgan fingerprint density at radius 1 is 1.11 bits per heavy atom. The van der Waals surface area contributed by atoms with Gasteiger partial charge in [-0.25, -0.2) is 4.98 Å². The predicted molar refractivity (Wildman–Crippen MR) is 107 cm³/mol. The Kier molecular flexibility index (Phi) is 5.20. The van der Waals surface area contributed by atoms with Crippen LogP contribution >= 0.6 is 11.3 Å². The first-order valence-electron chi connectivity index (χ1n) is 8.74. The van der Waals surface area contributed by atoms with Crippen LogP contribution in [0.4, 0.5) is 5.69 Å². The number of nitrogens with zero attached hydrogens (tertiary/aromatic N) is 4. The number of hydrogen-bond acceptors (Lipinski definition) is 7. The zero-order valence-corrected chi connectivity index (χ0v) is 15.9. The number of aryl methyl sites for hydroxylation is 2. The molecule has 1 N–H and O–H groups in total. The molecule has 0 aliphatic rings. The molecular formula is C20H17N5O2S. The zero-order valence-electron chi connectivity index (χ0n) is 15.1. The van der Waals surface area contributed by atoms with Crippen molar-refractivity contribution in [2.45, 2.75) is 19.8 Å². The SMILES string of the molecule is Cc1nc(-c2ccc(NC(=O)CCc3nc(-c4ccccn4)no3)cc2)cs1. The molecule has 0 saturated heterocycles. The number of nitrogens with one attached hydrogen (secondary N) is 1. The van der Waals surface area contributed by atoms with Gasteiger partial charge in [0.1, 0.15) is 5.69 Å². The Labute approximate surface area is 165 Å². The van der Waals surface area contributed by atoms with Crippen molar-refractivity contribution in [3.05, 3.63) is 64.9 Å². The van der Waals surface area contributed by atoms with E-state index in [1.165, 1.54) is 0 Å². The molecule has 0 aliphatic heterocycles. The van der Waals surface area contributed by atoms with Gasteiger partial charge in [-0.2, -0.15) is 4.98 Å². The third-order valence-electron chi connectivity index (χ3n) is 4.01. The first-order chi connectivity index (χ1) is 13.7. The van der Waals surface area contributed by atoms with Gasteiger partial charge in [0.25, 0.3) is 0 Å². The number of rotatable bonds is 6. The summed E-state index contributed by atoms with van der Waals surface area (Å²) < 4.78 is 5.20. The van der Waals surface area contributed by atoms with E-state index in [1.807, 2.05) is 48.7 Å². The Morgan fingerprint density at radius 2 is 1.96 bits per heavy atom. The van der Waals surface area contributed by atoms with E-state index in [0.29, 0.717) is 23.8 Å². The molecule has 3 heterocycles. The number of aromatic nitrogens is 4. The quantitative estimate of drug-likeness (QED) is 0.531. The van der Waals surface area contributed by atoms with Gasteiger partial charge in [0, 0.05) is 35.7 Å². The molecule has 0 fully saturated rings. The molecule has 0 saturated carbocycles. The third-order valence-corrected chi connectivity index (χ3v) is 4.78. The largest absolute Gasteiger partial charge is 0.339 e. The van der Waals surface area contributed by atoms with Crippen molar-refractivity contribution in [2.75, 3.05) is 5.32 Å². The summed E-state index contributed by atoms with van der Waals surface area (Å²) in [6.07, 6.45) is 2.28. The molecule has 0 bridgehead atoms. The molecule has 4 aromatic rings. The fourth-order valence-corrected chi connectivity index (χ4v) is 3.24. The molecule has 0 aliphatic carbocycles. The second kappa shape index (κ2) is 8.10. The van der Waals surface area contributed by atoms with Gasteiger partial charge in [-0.15, -0.1) is 11.3 Å². The summed E-state index contributed by atoms with van der Waals surface area (Å²) in [5, 5.41) is 9.83. The second-order valence-electron chi connectivity index (χ2n) is 6.10.